The Hall–Kier alpha value is -2.45. The van der Waals surface area contributed by atoms with E-state index >= 15 is 0 Å². The van der Waals surface area contributed by atoms with Crippen LogP contribution in [0.25, 0.3) is 0 Å². The largest absolute Gasteiger partial charge is 0.397 e. The Morgan fingerprint density at radius 2 is 1.95 bits per heavy atom. The Morgan fingerprint density at radius 1 is 1.25 bits per heavy atom. The van der Waals surface area contributed by atoms with E-state index in [4.69, 9.17) is 0 Å². The van der Waals surface area contributed by atoms with Crippen LogP contribution in [0.3, 0.4) is 0 Å². The number of nitrogens with zero attached hydrogens (tertiary/aromatic N) is 3. The van der Waals surface area contributed by atoms with Crippen LogP contribution < -0.4 is 5.32 Å². The summed E-state index contributed by atoms with van der Waals surface area (Å²) in [5, 5.41) is 15.5. The number of hydrogen-bond donors (Lipinski definition) is 2. The van der Waals surface area contributed by atoms with Crippen molar-refractivity contribution in [2.75, 3.05) is 5.32 Å². The maximum absolute atomic E-state index is 12.0. The molecule has 1 aromatic carbocycles. The molecule has 2 N–H and O–H groups in total. The maximum atomic E-state index is 12.0. The number of carbonyl (C=O) groups excluding carboxylic acids is 1. The Morgan fingerprint density at radius 3 is 2.50 bits per heavy atom. The Bertz CT molecular complexity index is 565. The molecule has 0 bridgehead atoms. The summed E-state index contributed by atoms with van der Waals surface area (Å²) in [5.74, 6) is -0.595. The van der Waals surface area contributed by atoms with Crippen molar-refractivity contribution in [3.05, 3.63) is 35.7 Å². The van der Waals surface area contributed by atoms with Crippen molar-refractivity contribution in [1.82, 2.24) is 20.6 Å². The van der Waals surface area contributed by atoms with E-state index in [1.165, 1.54) is 12.1 Å². The highest BCUT2D eigenvalue weighted by Gasteiger charge is 2.31. The second-order valence-electron chi connectivity index (χ2n) is 4.04. The summed E-state index contributed by atoms with van der Waals surface area (Å²) in [6.45, 7) is 0. The molecule has 0 unspecified atom stereocenters. The van der Waals surface area contributed by atoms with Gasteiger partial charge in [0.05, 0.1) is 0 Å². The first-order chi connectivity index (χ1) is 9.42. The van der Waals surface area contributed by atoms with E-state index < -0.39 is 18.5 Å². The first-order valence-corrected chi connectivity index (χ1v) is 5.60. The van der Waals surface area contributed by atoms with Gasteiger partial charge in [-0.15, -0.1) is 10.2 Å². The molecule has 0 radical (unpaired) electrons. The number of hydrogen-bond acceptors (Lipinski definition) is 4. The van der Waals surface area contributed by atoms with E-state index in [0.29, 0.717) is 17.9 Å². The molecule has 9 heteroatoms. The highest BCUT2D eigenvalue weighted by Crippen LogP contribution is 2.20. The van der Waals surface area contributed by atoms with Gasteiger partial charge in [0.1, 0.15) is 6.42 Å². The number of carbonyl (C=O) groups is 1. The molecule has 1 aromatic heterocycles. The van der Waals surface area contributed by atoms with Gasteiger partial charge < -0.3 is 5.32 Å². The maximum Gasteiger partial charge on any atom is 0.397 e. The molecule has 0 fully saturated rings. The normalized spacial score (nSPS) is 11.3. The summed E-state index contributed by atoms with van der Waals surface area (Å²) >= 11 is 0. The summed E-state index contributed by atoms with van der Waals surface area (Å²) < 4.78 is 36.0. The topological polar surface area (TPSA) is 83.6 Å². The number of tetrazole rings is 1. The third-order valence-corrected chi connectivity index (χ3v) is 2.35. The third kappa shape index (κ3) is 4.34. The van der Waals surface area contributed by atoms with Gasteiger partial charge in [-0.25, -0.2) is 0 Å². The van der Waals surface area contributed by atoms with E-state index in [1.54, 1.807) is 12.1 Å². The van der Waals surface area contributed by atoms with Gasteiger partial charge in [-0.2, -0.15) is 18.4 Å². The Labute approximate surface area is 111 Å². The summed E-state index contributed by atoms with van der Waals surface area (Å²) in [4.78, 5) is 11.1. The van der Waals surface area contributed by atoms with Crippen molar-refractivity contribution in [1.29, 1.82) is 0 Å². The van der Waals surface area contributed by atoms with Gasteiger partial charge >= 0.3 is 6.18 Å². The minimum absolute atomic E-state index is 0.302. The van der Waals surface area contributed by atoms with Gasteiger partial charge in [0.15, 0.2) is 5.82 Å². The van der Waals surface area contributed by atoms with Crippen LogP contribution in [0.5, 0.6) is 0 Å². The third-order valence-electron chi connectivity index (χ3n) is 2.35. The van der Waals surface area contributed by atoms with E-state index in [-0.39, 0.29) is 0 Å². The molecule has 2 aromatic rings. The van der Waals surface area contributed by atoms with Gasteiger partial charge in [0, 0.05) is 12.1 Å². The molecule has 0 saturated carbocycles. The number of aromatic amines is 1. The fourth-order valence-electron chi connectivity index (χ4n) is 1.53. The number of aromatic nitrogens is 4. The average molecular weight is 285 g/mol. The van der Waals surface area contributed by atoms with E-state index in [2.05, 4.69) is 25.9 Å². The molecule has 2 rings (SSSR count). The molecule has 1 amide bonds. The first kappa shape index (κ1) is 14.0. The standard InChI is InChI=1S/C11H10F3N5O/c12-11(13,14)6-10(20)15-8-3-1-7(2-4-8)5-9-16-18-19-17-9/h1-4H,5-6H2,(H,15,20)(H,16,17,18,19). The zero-order chi connectivity index (χ0) is 14.6. The molecule has 0 aliphatic heterocycles. The average Bonchev–Trinajstić information content (AvgIpc) is 2.82. The molecular weight excluding hydrogens is 275 g/mol. The van der Waals surface area contributed by atoms with Crippen molar-refractivity contribution in [2.45, 2.75) is 19.0 Å². The number of H-pyrrole nitrogens is 1. The minimum Gasteiger partial charge on any atom is -0.326 e. The van der Waals surface area contributed by atoms with E-state index in [0.717, 1.165) is 5.56 Å². The van der Waals surface area contributed by atoms with Gasteiger partial charge in [-0.1, -0.05) is 17.3 Å². The van der Waals surface area contributed by atoms with Crippen molar-refractivity contribution in [3.8, 4) is 0 Å². The minimum atomic E-state index is -4.51. The molecule has 20 heavy (non-hydrogen) atoms. The summed E-state index contributed by atoms with van der Waals surface area (Å²) in [7, 11) is 0. The van der Waals surface area contributed by atoms with Crippen molar-refractivity contribution < 1.29 is 18.0 Å². The van der Waals surface area contributed by atoms with Crippen LogP contribution in [0.2, 0.25) is 0 Å². The number of alkyl halides is 3. The number of halogens is 3. The smallest absolute Gasteiger partial charge is 0.326 e. The SMILES string of the molecule is O=C(CC(F)(F)F)Nc1ccc(Cc2nn[nH]n2)cc1. The highest BCUT2D eigenvalue weighted by molar-refractivity contribution is 5.91. The number of amides is 1. The second-order valence-corrected chi connectivity index (χ2v) is 4.04. The second kappa shape index (κ2) is 5.68. The van der Waals surface area contributed by atoms with Crippen LogP contribution in [0.1, 0.15) is 17.8 Å². The number of anilines is 1. The molecule has 0 atom stereocenters. The molecule has 0 aliphatic rings. The van der Waals surface area contributed by atoms with Gasteiger partial charge in [0.2, 0.25) is 5.91 Å². The fraction of sp³-hybridized carbons (Fsp3) is 0.273. The van der Waals surface area contributed by atoms with Gasteiger partial charge in [-0.3, -0.25) is 4.79 Å². The zero-order valence-corrected chi connectivity index (χ0v) is 10.1. The molecule has 0 aliphatic carbocycles. The van der Waals surface area contributed by atoms with Gasteiger partial charge in [0.25, 0.3) is 0 Å². The molecule has 1 heterocycles. The highest BCUT2D eigenvalue weighted by atomic mass is 19.4. The Balaban J connectivity index is 1.93. The van der Waals surface area contributed by atoms with Crippen molar-refractivity contribution >= 4 is 11.6 Å². The Kier molecular flexibility index (Phi) is 3.97. The lowest BCUT2D eigenvalue weighted by atomic mass is 10.1. The van der Waals surface area contributed by atoms with E-state index in [1.807, 2.05) is 0 Å². The monoisotopic (exact) mass is 285 g/mol. The lowest BCUT2D eigenvalue weighted by Crippen LogP contribution is -2.21. The van der Waals surface area contributed by atoms with Crippen LogP contribution in [0, 0.1) is 0 Å². The predicted octanol–water partition coefficient (Wildman–Crippen LogP) is 1.68. The van der Waals surface area contributed by atoms with Crippen molar-refractivity contribution in [3.63, 3.8) is 0 Å². The van der Waals surface area contributed by atoms with Crippen molar-refractivity contribution in [2.24, 2.45) is 0 Å². The summed E-state index contributed by atoms with van der Waals surface area (Å²) in [6, 6.07) is 6.37. The van der Waals surface area contributed by atoms with Crippen LogP contribution in [0.15, 0.2) is 24.3 Å². The number of benzene rings is 1. The number of rotatable bonds is 4. The molecule has 106 valence electrons. The first-order valence-electron chi connectivity index (χ1n) is 5.60. The lowest BCUT2D eigenvalue weighted by Gasteiger charge is -2.08. The molecule has 0 spiro atoms. The zero-order valence-electron chi connectivity index (χ0n) is 10.1. The van der Waals surface area contributed by atoms with Gasteiger partial charge in [-0.05, 0) is 17.7 Å². The van der Waals surface area contributed by atoms with E-state index in [9.17, 15) is 18.0 Å². The van der Waals surface area contributed by atoms with Crippen LogP contribution >= 0.6 is 0 Å². The predicted molar refractivity (Wildman–Crippen MR) is 62.7 cm³/mol. The van der Waals surface area contributed by atoms with Crippen LogP contribution in [-0.4, -0.2) is 32.7 Å². The molecular formula is C11H10F3N5O. The van der Waals surface area contributed by atoms with Crippen LogP contribution in [-0.2, 0) is 11.2 Å². The van der Waals surface area contributed by atoms with Crippen LogP contribution in [0.4, 0.5) is 18.9 Å². The lowest BCUT2D eigenvalue weighted by molar-refractivity contribution is -0.150. The quantitative estimate of drug-likeness (QED) is 0.895. The number of nitrogens with one attached hydrogen (secondary N) is 2. The summed E-state index contributed by atoms with van der Waals surface area (Å²) in [5.41, 5.74) is 1.15. The molecule has 6 nitrogen and oxygen atoms in total. The molecule has 0 saturated heterocycles. The summed E-state index contributed by atoms with van der Waals surface area (Å²) in [6.07, 6.45) is -5.58. The fourth-order valence-corrected chi connectivity index (χ4v) is 1.53.